The van der Waals surface area contributed by atoms with E-state index in [2.05, 4.69) is 11.6 Å². The lowest BCUT2D eigenvalue weighted by Gasteiger charge is -2.26. The van der Waals surface area contributed by atoms with E-state index in [0.29, 0.717) is 17.2 Å². The van der Waals surface area contributed by atoms with Gasteiger partial charge >= 0.3 is 0 Å². The van der Waals surface area contributed by atoms with Crippen LogP contribution in [0, 0.1) is 5.92 Å². The lowest BCUT2D eigenvalue weighted by Crippen LogP contribution is -2.38. The topological polar surface area (TPSA) is 72.2 Å². The van der Waals surface area contributed by atoms with Gasteiger partial charge < -0.3 is 5.73 Å². The van der Waals surface area contributed by atoms with Gasteiger partial charge in [0.1, 0.15) is 0 Å². The molecule has 0 amide bonds. The Hall–Kier alpha value is -1.07. The summed E-state index contributed by atoms with van der Waals surface area (Å²) < 4.78 is 27.1. The molecule has 0 saturated heterocycles. The van der Waals surface area contributed by atoms with Crippen molar-refractivity contribution < 1.29 is 8.42 Å². The van der Waals surface area contributed by atoms with E-state index in [-0.39, 0.29) is 11.8 Å². The molecule has 0 spiro atoms. The number of para-hydroxylation sites is 1. The third kappa shape index (κ3) is 4.21. The van der Waals surface area contributed by atoms with Crippen molar-refractivity contribution in [3.63, 3.8) is 0 Å². The molecule has 1 aliphatic rings. The smallest absolute Gasteiger partial charge is 0.216 e. The average molecular weight is 282 g/mol. The molecule has 0 bridgehead atoms. The molecule has 1 aromatic rings. The minimum Gasteiger partial charge on any atom is -0.398 e. The molecule has 0 aliphatic heterocycles. The Morgan fingerprint density at radius 2 is 1.84 bits per heavy atom. The van der Waals surface area contributed by atoms with Gasteiger partial charge in [0.25, 0.3) is 0 Å². The van der Waals surface area contributed by atoms with E-state index >= 15 is 0 Å². The first kappa shape index (κ1) is 14.3. The van der Waals surface area contributed by atoms with Crippen LogP contribution in [0.2, 0.25) is 0 Å². The third-order valence-corrected chi connectivity index (χ3v) is 5.15. The van der Waals surface area contributed by atoms with Crippen molar-refractivity contribution in [2.24, 2.45) is 5.92 Å². The molecule has 19 heavy (non-hydrogen) atoms. The molecule has 0 unspecified atom stereocenters. The van der Waals surface area contributed by atoms with E-state index < -0.39 is 10.0 Å². The second kappa shape index (κ2) is 5.92. The molecule has 1 fully saturated rings. The summed E-state index contributed by atoms with van der Waals surface area (Å²) in [6.07, 6.45) is 4.07. The zero-order valence-corrected chi connectivity index (χ0v) is 12.1. The van der Waals surface area contributed by atoms with E-state index in [1.807, 2.05) is 6.07 Å². The first-order valence-corrected chi connectivity index (χ1v) is 8.45. The Bertz CT molecular complexity index is 520. The second-order valence-corrected chi connectivity index (χ2v) is 7.29. The summed E-state index contributed by atoms with van der Waals surface area (Å²) >= 11 is 0. The standard InChI is InChI=1S/C14H22N2O2S/c1-11-6-8-13(9-7-11)16-19(17,18)10-12-4-2-3-5-14(12)15/h2-5,11,13,16H,6-10,15H2,1H3. The number of hydrogen-bond donors (Lipinski definition) is 2. The van der Waals surface area contributed by atoms with Crippen LogP contribution in [0.15, 0.2) is 24.3 Å². The van der Waals surface area contributed by atoms with Crippen LogP contribution in [0.3, 0.4) is 0 Å². The monoisotopic (exact) mass is 282 g/mol. The molecular weight excluding hydrogens is 260 g/mol. The van der Waals surface area contributed by atoms with E-state index in [1.54, 1.807) is 18.2 Å². The Balaban J connectivity index is 1.97. The minimum absolute atomic E-state index is 0.0360. The van der Waals surface area contributed by atoms with Crippen molar-refractivity contribution in [2.75, 3.05) is 5.73 Å². The quantitative estimate of drug-likeness (QED) is 0.832. The van der Waals surface area contributed by atoms with Gasteiger partial charge in [-0.25, -0.2) is 13.1 Å². The van der Waals surface area contributed by atoms with Crippen LogP contribution in [0.1, 0.15) is 38.2 Å². The van der Waals surface area contributed by atoms with Gasteiger partial charge in [0.2, 0.25) is 10.0 Å². The van der Waals surface area contributed by atoms with Gasteiger partial charge in [0, 0.05) is 11.7 Å². The summed E-state index contributed by atoms with van der Waals surface area (Å²) in [5, 5.41) is 0. The number of anilines is 1. The highest BCUT2D eigenvalue weighted by molar-refractivity contribution is 7.88. The van der Waals surface area contributed by atoms with E-state index in [1.165, 1.54) is 0 Å². The van der Waals surface area contributed by atoms with Crippen molar-refractivity contribution in [2.45, 2.75) is 44.4 Å². The van der Waals surface area contributed by atoms with Gasteiger partial charge in [-0.1, -0.05) is 25.1 Å². The summed E-state index contributed by atoms with van der Waals surface area (Å²) in [6, 6.07) is 7.20. The molecular formula is C14H22N2O2S. The first-order chi connectivity index (χ1) is 8.96. The number of sulfonamides is 1. The van der Waals surface area contributed by atoms with Crippen LogP contribution < -0.4 is 10.5 Å². The molecule has 0 aromatic heterocycles. The molecule has 2 rings (SSSR count). The maximum absolute atomic E-state index is 12.1. The lowest BCUT2D eigenvalue weighted by atomic mass is 9.88. The van der Waals surface area contributed by atoms with Crippen molar-refractivity contribution in [1.82, 2.24) is 4.72 Å². The Morgan fingerprint density at radius 1 is 1.21 bits per heavy atom. The largest absolute Gasteiger partial charge is 0.398 e. The van der Waals surface area contributed by atoms with Gasteiger partial charge in [-0.15, -0.1) is 0 Å². The summed E-state index contributed by atoms with van der Waals surface area (Å²) in [6.45, 7) is 2.22. The molecule has 1 aliphatic carbocycles. The highest BCUT2D eigenvalue weighted by atomic mass is 32.2. The molecule has 1 saturated carbocycles. The predicted molar refractivity (Wildman–Crippen MR) is 78.0 cm³/mol. The Morgan fingerprint density at radius 3 is 2.47 bits per heavy atom. The van der Waals surface area contributed by atoms with Crippen LogP contribution in [-0.4, -0.2) is 14.5 Å². The molecule has 106 valence electrons. The number of rotatable bonds is 4. The fraction of sp³-hybridized carbons (Fsp3) is 0.571. The van der Waals surface area contributed by atoms with Gasteiger partial charge in [-0.2, -0.15) is 0 Å². The van der Waals surface area contributed by atoms with Gasteiger partial charge in [0.05, 0.1) is 5.75 Å². The van der Waals surface area contributed by atoms with Gasteiger partial charge in [-0.05, 0) is 43.2 Å². The van der Waals surface area contributed by atoms with Crippen molar-refractivity contribution in [3.05, 3.63) is 29.8 Å². The minimum atomic E-state index is -3.30. The van der Waals surface area contributed by atoms with Gasteiger partial charge in [0.15, 0.2) is 0 Å². The molecule has 0 atom stereocenters. The van der Waals surface area contributed by atoms with Crippen LogP contribution in [0.25, 0.3) is 0 Å². The normalized spacial score (nSPS) is 24.3. The Labute approximate surface area is 115 Å². The highest BCUT2D eigenvalue weighted by Crippen LogP contribution is 2.24. The van der Waals surface area contributed by atoms with Crippen molar-refractivity contribution in [1.29, 1.82) is 0 Å². The highest BCUT2D eigenvalue weighted by Gasteiger charge is 2.23. The van der Waals surface area contributed by atoms with E-state index in [4.69, 9.17) is 5.73 Å². The van der Waals surface area contributed by atoms with E-state index in [0.717, 1.165) is 25.7 Å². The number of benzene rings is 1. The zero-order valence-electron chi connectivity index (χ0n) is 11.3. The maximum Gasteiger partial charge on any atom is 0.216 e. The Kier molecular flexibility index (Phi) is 4.47. The van der Waals surface area contributed by atoms with E-state index in [9.17, 15) is 8.42 Å². The molecule has 0 heterocycles. The van der Waals surface area contributed by atoms with Crippen LogP contribution in [0.5, 0.6) is 0 Å². The first-order valence-electron chi connectivity index (χ1n) is 6.79. The summed E-state index contributed by atoms with van der Waals surface area (Å²) in [5.41, 5.74) is 6.99. The van der Waals surface area contributed by atoms with Crippen molar-refractivity contribution in [3.8, 4) is 0 Å². The number of hydrogen-bond acceptors (Lipinski definition) is 3. The molecule has 4 nitrogen and oxygen atoms in total. The van der Waals surface area contributed by atoms with Crippen LogP contribution in [-0.2, 0) is 15.8 Å². The third-order valence-electron chi connectivity index (χ3n) is 3.76. The molecule has 3 N–H and O–H groups in total. The lowest BCUT2D eigenvalue weighted by molar-refractivity contribution is 0.332. The summed E-state index contributed by atoms with van der Waals surface area (Å²) in [5.74, 6) is 0.677. The zero-order chi connectivity index (χ0) is 13.9. The predicted octanol–water partition coefficient (Wildman–Crippen LogP) is 2.27. The molecule has 0 radical (unpaired) electrons. The number of nitrogens with one attached hydrogen (secondary N) is 1. The van der Waals surface area contributed by atoms with Crippen LogP contribution >= 0.6 is 0 Å². The molecule has 5 heteroatoms. The number of nitrogens with two attached hydrogens (primary N) is 1. The van der Waals surface area contributed by atoms with Crippen LogP contribution in [0.4, 0.5) is 5.69 Å². The second-order valence-electron chi connectivity index (χ2n) is 5.53. The maximum atomic E-state index is 12.1. The fourth-order valence-electron chi connectivity index (χ4n) is 2.54. The van der Waals surface area contributed by atoms with Gasteiger partial charge in [-0.3, -0.25) is 0 Å². The average Bonchev–Trinajstić information content (AvgIpc) is 2.35. The summed E-state index contributed by atoms with van der Waals surface area (Å²) in [4.78, 5) is 0. The SMILES string of the molecule is CC1CCC(NS(=O)(=O)Cc2ccccc2N)CC1. The molecule has 1 aromatic carbocycles. The van der Waals surface area contributed by atoms with Crippen molar-refractivity contribution >= 4 is 15.7 Å². The fourth-order valence-corrected chi connectivity index (χ4v) is 4.04. The summed E-state index contributed by atoms with van der Waals surface area (Å²) in [7, 11) is -3.30. The number of nitrogen functional groups attached to an aromatic ring is 1.